The number of aliphatic hydroxyl groups excluding tert-OH is 1. The highest BCUT2D eigenvalue weighted by atomic mass is 16.4. The molecule has 0 radical (unpaired) electrons. The Hall–Kier alpha value is -1.88. The van der Waals surface area contributed by atoms with Crippen LogP contribution in [0.15, 0.2) is 24.3 Å². The number of aryl methyl sites for hydroxylation is 1. The topological polar surface area (TPSA) is 86.6 Å². The third kappa shape index (κ3) is 3.36. The molecule has 108 valence electrons. The molecule has 3 N–H and O–H groups in total. The summed E-state index contributed by atoms with van der Waals surface area (Å²) in [6.07, 6.45) is 2.25. The van der Waals surface area contributed by atoms with E-state index in [1.807, 2.05) is 18.2 Å². The van der Waals surface area contributed by atoms with Crippen LogP contribution in [-0.2, 0) is 22.4 Å². The van der Waals surface area contributed by atoms with Crippen molar-refractivity contribution in [3.8, 4) is 0 Å². The Morgan fingerprint density at radius 1 is 1.30 bits per heavy atom. The van der Waals surface area contributed by atoms with Gasteiger partial charge >= 0.3 is 5.97 Å². The smallest absolute Gasteiger partial charge is 0.326 e. The van der Waals surface area contributed by atoms with Crippen LogP contribution in [0.2, 0.25) is 0 Å². The van der Waals surface area contributed by atoms with E-state index in [2.05, 4.69) is 11.4 Å². The molecule has 1 amide bonds. The lowest BCUT2D eigenvalue weighted by atomic mass is 9.83. The van der Waals surface area contributed by atoms with Crippen LogP contribution in [0.3, 0.4) is 0 Å². The number of carbonyl (C=O) groups is 2. The fourth-order valence-electron chi connectivity index (χ4n) is 2.60. The summed E-state index contributed by atoms with van der Waals surface area (Å²) in [4.78, 5) is 23.1. The van der Waals surface area contributed by atoms with Gasteiger partial charge in [-0.15, -0.1) is 0 Å². The number of hydrogen-bond donors (Lipinski definition) is 3. The zero-order valence-corrected chi connectivity index (χ0v) is 11.2. The van der Waals surface area contributed by atoms with Gasteiger partial charge in [-0.25, -0.2) is 4.79 Å². The molecule has 1 aliphatic rings. The fourth-order valence-corrected chi connectivity index (χ4v) is 2.60. The van der Waals surface area contributed by atoms with Crippen LogP contribution in [0.4, 0.5) is 0 Å². The van der Waals surface area contributed by atoms with E-state index < -0.39 is 12.0 Å². The number of carboxylic acid groups (broad SMARTS) is 1. The van der Waals surface area contributed by atoms with Crippen LogP contribution in [0.5, 0.6) is 0 Å². The molecule has 1 aliphatic carbocycles. The van der Waals surface area contributed by atoms with Crippen molar-refractivity contribution in [1.82, 2.24) is 5.32 Å². The number of carbonyl (C=O) groups excluding carboxylic acids is 1. The minimum Gasteiger partial charge on any atom is -0.480 e. The molecule has 0 fully saturated rings. The minimum absolute atomic E-state index is 0.0321. The lowest BCUT2D eigenvalue weighted by molar-refractivity contribution is -0.143. The molecule has 1 unspecified atom stereocenters. The molecular weight excluding hydrogens is 258 g/mol. The lowest BCUT2D eigenvalue weighted by Crippen LogP contribution is -2.45. The molecule has 1 aromatic carbocycles. The number of amides is 1. The molecule has 1 aromatic rings. The molecule has 2 atom stereocenters. The van der Waals surface area contributed by atoms with Crippen molar-refractivity contribution in [3.63, 3.8) is 0 Å². The Labute approximate surface area is 117 Å². The van der Waals surface area contributed by atoms with Gasteiger partial charge in [-0.1, -0.05) is 24.3 Å². The standard InChI is InChI=1S/C15H19NO4/c17-8-7-13(15(19)20)16-14(18)12-6-5-10-3-1-2-4-11(10)9-12/h1-4,12-13,17H,5-9H2,(H,16,18)(H,19,20)/t12?,13-/m1/s1. The van der Waals surface area contributed by atoms with Gasteiger partial charge in [0.15, 0.2) is 0 Å². The average molecular weight is 277 g/mol. The maximum atomic E-state index is 12.1. The van der Waals surface area contributed by atoms with E-state index in [-0.39, 0.29) is 24.9 Å². The first-order valence-corrected chi connectivity index (χ1v) is 6.82. The first-order chi connectivity index (χ1) is 9.61. The predicted octanol–water partition coefficient (Wildman–Crippen LogP) is 0.743. The quantitative estimate of drug-likeness (QED) is 0.741. The highest BCUT2D eigenvalue weighted by Crippen LogP contribution is 2.25. The number of aliphatic hydroxyl groups is 1. The van der Waals surface area contributed by atoms with Crippen molar-refractivity contribution < 1.29 is 19.8 Å². The Morgan fingerprint density at radius 2 is 2.00 bits per heavy atom. The third-order valence-corrected chi connectivity index (χ3v) is 3.75. The second kappa shape index (κ2) is 6.52. The summed E-state index contributed by atoms with van der Waals surface area (Å²) in [5.41, 5.74) is 2.43. The molecule has 20 heavy (non-hydrogen) atoms. The molecule has 0 spiro atoms. The summed E-state index contributed by atoms with van der Waals surface area (Å²) in [6, 6.07) is 7.00. The van der Waals surface area contributed by atoms with E-state index in [4.69, 9.17) is 10.2 Å². The van der Waals surface area contributed by atoms with E-state index in [0.29, 0.717) is 6.42 Å². The molecule has 0 heterocycles. The lowest BCUT2D eigenvalue weighted by Gasteiger charge is -2.25. The van der Waals surface area contributed by atoms with Crippen molar-refractivity contribution in [2.75, 3.05) is 6.61 Å². The van der Waals surface area contributed by atoms with Gasteiger partial charge < -0.3 is 15.5 Å². The summed E-state index contributed by atoms with van der Waals surface area (Å²) in [5, 5.41) is 20.3. The highest BCUT2D eigenvalue weighted by Gasteiger charge is 2.27. The van der Waals surface area contributed by atoms with Gasteiger partial charge in [0, 0.05) is 18.9 Å². The average Bonchev–Trinajstić information content (AvgIpc) is 2.46. The monoisotopic (exact) mass is 277 g/mol. The highest BCUT2D eigenvalue weighted by molar-refractivity contribution is 5.85. The molecule has 0 aliphatic heterocycles. The Morgan fingerprint density at radius 3 is 2.65 bits per heavy atom. The van der Waals surface area contributed by atoms with Gasteiger partial charge in [-0.2, -0.15) is 0 Å². The molecule has 0 saturated heterocycles. The summed E-state index contributed by atoms with van der Waals surface area (Å²) < 4.78 is 0. The zero-order chi connectivity index (χ0) is 14.5. The summed E-state index contributed by atoms with van der Waals surface area (Å²) >= 11 is 0. The molecule has 5 nitrogen and oxygen atoms in total. The van der Waals surface area contributed by atoms with Crippen LogP contribution in [0, 0.1) is 5.92 Å². The van der Waals surface area contributed by atoms with E-state index in [1.54, 1.807) is 0 Å². The number of rotatable bonds is 5. The van der Waals surface area contributed by atoms with Crippen LogP contribution < -0.4 is 5.32 Å². The zero-order valence-electron chi connectivity index (χ0n) is 11.2. The maximum absolute atomic E-state index is 12.1. The van der Waals surface area contributed by atoms with Gasteiger partial charge in [0.05, 0.1) is 0 Å². The molecule has 2 rings (SSSR count). The van der Waals surface area contributed by atoms with Gasteiger partial charge in [0.2, 0.25) is 5.91 Å². The van der Waals surface area contributed by atoms with Gasteiger partial charge in [0.1, 0.15) is 6.04 Å². The van der Waals surface area contributed by atoms with E-state index in [1.165, 1.54) is 5.56 Å². The number of benzene rings is 1. The van der Waals surface area contributed by atoms with Gasteiger partial charge in [0.25, 0.3) is 0 Å². The molecular formula is C15H19NO4. The number of nitrogens with one attached hydrogen (secondary N) is 1. The summed E-state index contributed by atoms with van der Waals surface area (Å²) in [5.74, 6) is -1.53. The molecule has 0 aromatic heterocycles. The van der Waals surface area contributed by atoms with Gasteiger partial charge in [-0.05, 0) is 30.4 Å². The fraction of sp³-hybridized carbons (Fsp3) is 0.467. The maximum Gasteiger partial charge on any atom is 0.326 e. The summed E-state index contributed by atoms with van der Waals surface area (Å²) in [7, 11) is 0. The van der Waals surface area contributed by atoms with E-state index >= 15 is 0 Å². The largest absolute Gasteiger partial charge is 0.480 e. The number of hydrogen-bond acceptors (Lipinski definition) is 3. The second-order valence-corrected chi connectivity index (χ2v) is 5.12. The Kier molecular flexibility index (Phi) is 4.74. The van der Waals surface area contributed by atoms with Gasteiger partial charge in [-0.3, -0.25) is 4.79 Å². The van der Waals surface area contributed by atoms with Crippen molar-refractivity contribution in [3.05, 3.63) is 35.4 Å². The van der Waals surface area contributed by atoms with Crippen molar-refractivity contribution in [2.24, 2.45) is 5.92 Å². The van der Waals surface area contributed by atoms with Crippen LogP contribution in [0.25, 0.3) is 0 Å². The van der Waals surface area contributed by atoms with Crippen LogP contribution in [-0.4, -0.2) is 34.7 Å². The Balaban J connectivity index is 1.99. The predicted molar refractivity (Wildman–Crippen MR) is 73.2 cm³/mol. The Bertz CT molecular complexity index is 500. The first kappa shape index (κ1) is 14.5. The van der Waals surface area contributed by atoms with Crippen molar-refractivity contribution >= 4 is 11.9 Å². The van der Waals surface area contributed by atoms with E-state index in [9.17, 15) is 9.59 Å². The number of fused-ring (bicyclic) bond motifs is 1. The van der Waals surface area contributed by atoms with E-state index in [0.717, 1.165) is 18.4 Å². The molecule has 0 bridgehead atoms. The SMILES string of the molecule is O=C(N[C@H](CCO)C(=O)O)C1CCc2ccccc2C1. The van der Waals surface area contributed by atoms with Crippen LogP contribution >= 0.6 is 0 Å². The normalized spacial score (nSPS) is 18.9. The summed E-state index contributed by atoms with van der Waals surface area (Å²) in [6.45, 7) is -0.259. The van der Waals surface area contributed by atoms with Crippen molar-refractivity contribution in [1.29, 1.82) is 0 Å². The van der Waals surface area contributed by atoms with Crippen LogP contribution in [0.1, 0.15) is 24.0 Å². The molecule has 5 heteroatoms. The minimum atomic E-state index is -1.11. The number of carboxylic acids is 1. The third-order valence-electron chi connectivity index (χ3n) is 3.75. The second-order valence-electron chi connectivity index (χ2n) is 5.12. The van der Waals surface area contributed by atoms with Crippen molar-refractivity contribution in [2.45, 2.75) is 31.7 Å². The first-order valence-electron chi connectivity index (χ1n) is 6.82. The molecule has 0 saturated carbocycles. The number of aliphatic carboxylic acids is 1.